The fourth-order valence-corrected chi connectivity index (χ4v) is 8.44. The maximum absolute atomic E-state index is 14.6. The first kappa shape index (κ1) is 25.3. The standard InChI is InChI=1S/C28H27F2N7O2S/c1-27(2)18-8-11-28(27,25-17(18)14-21(34-35-25)24-19(29)4-3-5-20(24)30)22-9-12-31-26(33-22)37-15-32-23(36-37)10-13-40(38,39)16-6-7-16/h3-5,9,12,14-16,18H,6-8,10-11,13H2,1-2H3/t18-,28-/m0/s1. The summed E-state index contributed by atoms with van der Waals surface area (Å²) in [5, 5.41) is 13.1. The maximum atomic E-state index is 14.6. The molecule has 2 saturated carbocycles. The van der Waals surface area contributed by atoms with Gasteiger partial charge in [-0.25, -0.2) is 32.2 Å². The van der Waals surface area contributed by atoms with E-state index in [0.717, 1.165) is 42.6 Å². The zero-order chi connectivity index (χ0) is 27.9. The summed E-state index contributed by atoms with van der Waals surface area (Å²) in [7, 11) is -3.11. The maximum Gasteiger partial charge on any atom is 0.252 e. The van der Waals surface area contributed by atoms with Crippen LogP contribution in [0.15, 0.2) is 42.9 Å². The summed E-state index contributed by atoms with van der Waals surface area (Å²) in [4.78, 5) is 13.6. The molecule has 40 heavy (non-hydrogen) atoms. The molecule has 3 aromatic heterocycles. The van der Waals surface area contributed by atoms with Crippen LogP contribution in [0.5, 0.6) is 0 Å². The highest BCUT2D eigenvalue weighted by molar-refractivity contribution is 7.92. The average molecular weight is 564 g/mol. The molecule has 2 bridgehead atoms. The van der Waals surface area contributed by atoms with E-state index < -0.39 is 26.9 Å². The molecule has 0 radical (unpaired) electrons. The number of halogens is 2. The molecule has 3 aliphatic carbocycles. The molecule has 9 nitrogen and oxygen atoms in total. The smallest absolute Gasteiger partial charge is 0.229 e. The van der Waals surface area contributed by atoms with Gasteiger partial charge in [-0.05, 0) is 66.8 Å². The van der Waals surface area contributed by atoms with Gasteiger partial charge in [-0.3, -0.25) is 0 Å². The van der Waals surface area contributed by atoms with E-state index in [9.17, 15) is 17.2 Å². The average Bonchev–Trinajstić information content (AvgIpc) is 3.59. The summed E-state index contributed by atoms with van der Waals surface area (Å²) in [6.07, 6.45) is 6.53. The Bertz CT molecular complexity index is 1750. The fourth-order valence-electron chi connectivity index (χ4n) is 6.79. The molecule has 3 heterocycles. The van der Waals surface area contributed by atoms with Crippen LogP contribution in [0.3, 0.4) is 0 Å². The predicted molar refractivity (Wildman–Crippen MR) is 141 cm³/mol. The van der Waals surface area contributed by atoms with Gasteiger partial charge in [0.15, 0.2) is 15.7 Å². The van der Waals surface area contributed by atoms with Crippen molar-refractivity contribution in [3.63, 3.8) is 0 Å². The molecule has 206 valence electrons. The van der Waals surface area contributed by atoms with E-state index in [2.05, 4.69) is 39.1 Å². The fraction of sp³-hybridized carbons (Fsp3) is 0.429. The van der Waals surface area contributed by atoms with Crippen LogP contribution in [0.1, 0.15) is 68.2 Å². The van der Waals surface area contributed by atoms with Gasteiger partial charge in [-0.15, -0.1) is 10.2 Å². The predicted octanol–water partition coefficient (Wildman–Crippen LogP) is 4.12. The van der Waals surface area contributed by atoms with E-state index in [-0.39, 0.29) is 40.0 Å². The number of nitrogens with zero attached hydrogens (tertiary/aromatic N) is 7. The summed E-state index contributed by atoms with van der Waals surface area (Å²) in [6.45, 7) is 4.34. The minimum absolute atomic E-state index is 0.0233. The molecule has 3 aliphatic rings. The number of fused-ring (bicyclic) bond motifs is 5. The number of hydrogen-bond donors (Lipinski definition) is 0. The molecule has 7 rings (SSSR count). The van der Waals surface area contributed by atoms with Crippen LogP contribution in [0, 0.1) is 17.0 Å². The van der Waals surface area contributed by atoms with Gasteiger partial charge in [0.05, 0.1) is 39.1 Å². The quantitative estimate of drug-likeness (QED) is 0.330. The highest BCUT2D eigenvalue weighted by Gasteiger charge is 2.65. The lowest BCUT2D eigenvalue weighted by molar-refractivity contribution is 0.242. The zero-order valence-electron chi connectivity index (χ0n) is 22.0. The Morgan fingerprint density at radius 1 is 1.05 bits per heavy atom. The molecule has 0 saturated heterocycles. The van der Waals surface area contributed by atoms with Crippen molar-refractivity contribution >= 4 is 9.84 Å². The van der Waals surface area contributed by atoms with Crippen molar-refractivity contribution in [1.82, 2.24) is 34.9 Å². The van der Waals surface area contributed by atoms with Gasteiger partial charge in [0.2, 0.25) is 0 Å². The lowest BCUT2D eigenvalue weighted by Gasteiger charge is -2.37. The van der Waals surface area contributed by atoms with E-state index in [1.807, 2.05) is 6.07 Å². The van der Waals surface area contributed by atoms with Crippen LogP contribution < -0.4 is 0 Å². The van der Waals surface area contributed by atoms with Gasteiger partial charge < -0.3 is 0 Å². The Labute approximate surface area is 230 Å². The molecular formula is C28H27F2N7O2S. The van der Waals surface area contributed by atoms with Gasteiger partial charge in [0.25, 0.3) is 5.95 Å². The van der Waals surface area contributed by atoms with Crippen molar-refractivity contribution in [2.75, 3.05) is 5.75 Å². The molecule has 1 aromatic carbocycles. The number of benzene rings is 1. The van der Waals surface area contributed by atoms with E-state index in [1.165, 1.54) is 29.2 Å². The van der Waals surface area contributed by atoms with Crippen LogP contribution >= 0.6 is 0 Å². The monoisotopic (exact) mass is 563 g/mol. The molecule has 0 aliphatic heterocycles. The Balaban J connectivity index is 1.24. The number of sulfone groups is 1. The lowest BCUT2D eigenvalue weighted by atomic mass is 9.66. The van der Waals surface area contributed by atoms with Gasteiger partial charge in [-0.2, -0.15) is 9.78 Å². The van der Waals surface area contributed by atoms with Crippen molar-refractivity contribution in [3.8, 4) is 17.2 Å². The Morgan fingerprint density at radius 3 is 2.58 bits per heavy atom. The summed E-state index contributed by atoms with van der Waals surface area (Å²) >= 11 is 0. The van der Waals surface area contributed by atoms with Crippen LogP contribution in [0.25, 0.3) is 17.2 Å². The van der Waals surface area contributed by atoms with Gasteiger partial charge in [0.1, 0.15) is 18.0 Å². The molecule has 4 aromatic rings. The molecule has 0 amide bonds. The van der Waals surface area contributed by atoms with Crippen LogP contribution in [-0.2, 0) is 21.7 Å². The summed E-state index contributed by atoms with van der Waals surface area (Å²) in [6, 6.07) is 7.41. The zero-order valence-corrected chi connectivity index (χ0v) is 22.9. The van der Waals surface area contributed by atoms with Crippen LogP contribution in [-0.4, -0.2) is 54.4 Å². The van der Waals surface area contributed by atoms with E-state index >= 15 is 0 Å². The van der Waals surface area contributed by atoms with Crippen LogP contribution in [0.4, 0.5) is 8.78 Å². The second-order valence-corrected chi connectivity index (χ2v) is 13.9. The first-order valence-electron chi connectivity index (χ1n) is 13.4. The van der Waals surface area contributed by atoms with Gasteiger partial charge in [0, 0.05) is 12.6 Å². The first-order valence-corrected chi connectivity index (χ1v) is 15.1. The number of rotatable bonds is 7. The van der Waals surface area contributed by atoms with Crippen LogP contribution in [0.2, 0.25) is 0 Å². The highest BCUT2D eigenvalue weighted by atomic mass is 32.2. The number of aryl methyl sites for hydroxylation is 1. The Hall–Kier alpha value is -3.67. The van der Waals surface area contributed by atoms with Crippen molar-refractivity contribution in [2.45, 2.75) is 62.5 Å². The number of hydrogen-bond acceptors (Lipinski definition) is 8. The van der Waals surface area contributed by atoms with E-state index in [4.69, 9.17) is 4.98 Å². The number of aromatic nitrogens is 7. The van der Waals surface area contributed by atoms with Gasteiger partial charge in [-0.1, -0.05) is 19.9 Å². The van der Waals surface area contributed by atoms with E-state index in [0.29, 0.717) is 11.8 Å². The molecule has 2 atom stereocenters. The molecule has 12 heteroatoms. The molecule has 0 N–H and O–H groups in total. The second-order valence-electron chi connectivity index (χ2n) is 11.5. The summed E-state index contributed by atoms with van der Waals surface area (Å²) in [5.74, 6) is -0.483. The summed E-state index contributed by atoms with van der Waals surface area (Å²) < 4.78 is 55.1. The summed E-state index contributed by atoms with van der Waals surface area (Å²) in [5.41, 5.74) is 1.58. The molecule has 0 spiro atoms. The molecule has 0 unspecified atom stereocenters. The Morgan fingerprint density at radius 2 is 1.82 bits per heavy atom. The third-order valence-corrected chi connectivity index (χ3v) is 11.3. The molecular weight excluding hydrogens is 536 g/mol. The topological polar surface area (TPSA) is 116 Å². The largest absolute Gasteiger partial charge is 0.252 e. The van der Waals surface area contributed by atoms with Crippen molar-refractivity contribution < 1.29 is 17.2 Å². The normalized spacial score (nSPS) is 22.9. The third-order valence-electron chi connectivity index (χ3n) is 9.07. The van der Waals surface area contributed by atoms with E-state index in [1.54, 1.807) is 12.3 Å². The van der Waals surface area contributed by atoms with Gasteiger partial charge >= 0.3 is 0 Å². The SMILES string of the molecule is CC1(C)[C@H]2CC[C@]1(c1ccnc(-n3cnc(CCS(=O)(=O)C4CC4)n3)n1)c1nnc(-c3c(F)cccc3F)cc12. The van der Waals surface area contributed by atoms with Crippen molar-refractivity contribution in [2.24, 2.45) is 5.41 Å². The van der Waals surface area contributed by atoms with Crippen molar-refractivity contribution in [1.29, 1.82) is 0 Å². The highest BCUT2D eigenvalue weighted by Crippen LogP contribution is 2.69. The first-order chi connectivity index (χ1) is 19.1. The third kappa shape index (κ3) is 3.64. The second kappa shape index (κ2) is 8.66. The minimum Gasteiger partial charge on any atom is -0.229 e. The Kier molecular flexibility index (Phi) is 5.48. The van der Waals surface area contributed by atoms with Crippen molar-refractivity contribution in [3.05, 3.63) is 77.3 Å². The molecule has 2 fully saturated rings. The minimum atomic E-state index is -3.11. The lowest BCUT2D eigenvalue weighted by Crippen LogP contribution is -2.38.